The van der Waals surface area contributed by atoms with E-state index in [1.54, 1.807) is 0 Å². The Labute approximate surface area is 112 Å². The van der Waals surface area contributed by atoms with E-state index in [1.165, 1.54) is 37.3 Å². The van der Waals surface area contributed by atoms with Gasteiger partial charge in [0, 0.05) is 30.4 Å². The minimum atomic E-state index is 0.283. The average Bonchev–Trinajstić information content (AvgIpc) is 2.78. The maximum atomic E-state index is 6.14. The maximum absolute atomic E-state index is 6.14. The lowest BCUT2D eigenvalue weighted by Crippen LogP contribution is -2.58. The first-order chi connectivity index (χ1) is 8.09. The summed E-state index contributed by atoms with van der Waals surface area (Å²) in [5.41, 5.74) is 6.42. The third kappa shape index (κ3) is 3.62. The predicted octanol–water partition coefficient (Wildman–Crippen LogP) is 2.97. The van der Waals surface area contributed by atoms with Gasteiger partial charge in [-0.25, -0.2) is 0 Å². The van der Waals surface area contributed by atoms with Gasteiger partial charge in [0.25, 0.3) is 0 Å². The molecule has 0 aliphatic carbocycles. The third-order valence-electron chi connectivity index (χ3n) is 4.02. The van der Waals surface area contributed by atoms with Crippen molar-refractivity contribution in [3.63, 3.8) is 0 Å². The summed E-state index contributed by atoms with van der Waals surface area (Å²) in [5.74, 6) is 3.24. The molecule has 0 bridgehead atoms. The van der Waals surface area contributed by atoms with Crippen molar-refractivity contribution >= 4 is 11.8 Å². The summed E-state index contributed by atoms with van der Waals surface area (Å²) in [5, 5.41) is 0. The lowest BCUT2D eigenvalue weighted by Gasteiger charge is -2.45. The van der Waals surface area contributed by atoms with E-state index in [1.807, 2.05) is 0 Å². The topological polar surface area (TPSA) is 29.3 Å². The summed E-state index contributed by atoms with van der Waals surface area (Å²) >= 11 is 2.08. The molecule has 3 heteroatoms. The van der Waals surface area contributed by atoms with Crippen molar-refractivity contribution in [3.8, 4) is 0 Å². The van der Waals surface area contributed by atoms with E-state index in [-0.39, 0.29) is 5.54 Å². The van der Waals surface area contributed by atoms with Gasteiger partial charge in [-0.15, -0.1) is 0 Å². The summed E-state index contributed by atoms with van der Waals surface area (Å²) in [7, 11) is 0. The molecule has 1 aliphatic heterocycles. The van der Waals surface area contributed by atoms with Gasteiger partial charge in [0.15, 0.2) is 0 Å². The van der Waals surface area contributed by atoms with Gasteiger partial charge in [0.1, 0.15) is 0 Å². The van der Waals surface area contributed by atoms with Crippen molar-refractivity contribution in [3.05, 3.63) is 0 Å². The molecule has 1 unspecified atom stereocenters. The summed E-state index contributed by atoms with van der Waals surface area (Å²) in [6.07, 6.45) is 3.77. The summed E-state index contributed by atoms with van der Waals surface area (Å²) in [6, 6.07) is 0.708. The van der Waals surface area contributed by atoms with Crippen LogP contribution in [0.5, 0.6) is 0 Å². The van der Waals surface area contributed by atoms with Crippen molar-refractivity contribution in [2.75, 3.05) is 24.6 Å². The molecule has 1 rings (SSSR count). The highest BCUT2D eigenvalue weighted by Gasteiger charge is 2.41. The Kier molecular flexibility index (Phi) is 6.32. The van der Waals surface area contributed by atoms with Crippen molar-refractivity contribution in [2.45, 2.75) is 58.5 Å². The van der Waals surface area contributed by atoms with Gasteiger partial charge < -0.3 is 5.73 Å². The van der Waals surface area contributed by atoms with Crippen LogP contribution in [-0.2, 0) is 0 Å². The molecule has 2 N–H and O–H groups in total. The van der Waals surface area contributed by atoms with Gasteiger partial charge >= 0.3 is 0 Å². The van der Waals surface area contributed by atoms with Crippen LogP contribution >= 0.6 is 11.8 Å². The van der Waals surface area contributed by atoms with E-state index in [9.17, 15) is 0 Å². The smallest absolute Gasteiger partial charge is 0.0432 e. The van der Waals surface area contributed by atoms with Crippen molar-refractivity contribution in [1.82, 2.24) is 4.90 Å². The zero-order valence-electron chi connectivity index (χ0n) is 12.0. The Balaban J connectivity index is 2.86. The molecule has 0 spiro atoms. The Morgan fingerprint density at radius 3 is 2.29 bits per heavy atom. The van der Waals surface area contributed by atoms with Crippen LogP contribution in [0.2, 0.25) is 0 Å². The van der Waals surface area contributed by atoms with Gasteiger partial charge in [-0.1, -0.05) is 27.7 Å². The third-order valence-corrected chi connectivity index (χ3v) is 5.25. The highest BCUT2D eigenvalue weighted by atomic mass is 32.2. The van der Waals surface area contributed by atoms with Gasteiger partial charge in [-0.05, 0) is 30.9 Å². The Hall–Kier alpha value is 0.270. The van der Waals surface area contributed by atoms with E-state index in [0.29, 0.717) is 6.04 Å². The fourth-order valence-corrected chi connectivity index (χ4v) is 4.43. The Morgan fingerprint density at radius 1 is 1.29 bits per heavy atom. The molecular weight excluding hydrogens is 228 g/mol. The lowest BCUT2D eigenvalue weighted by molar-refractivity contribution is 0.0490. The predicted molar refractivity (Wildman–Crippen MR) is 79.6 cm³/mol. The van der Waals surface area contributed by atoms with Crippen LogP contribution in [0, 0.1) is 5.92 Å². The van der Waals surface area contributed by atoms with Crippen molar-refractivity contribution in [2.24, 2.45) is 11.7 Å². The standard InChI is InChI=1S/C14H30N2S/c1-5-13(6-2)16(9-12(3)4)14(10-15)7-8-17-11-14/h12-13H,5-11,15H2,1-4H3. The van der Waals surface area contributed by atoms with Crippen LogP contribution in [0.4, 0.5) is 0 Å². The molecule has 0 radical (unpaired) electrons. The summed E-state index contributed by atoms with van der Waals surface area (Å²) in [4.78, 5) is 2.75. The zero-order chi connectivity index (χ0) is 12.9. The monoisotopic (exact) mass is 258 g/mol. The Morgan fingerprint density at radius 2 is 1.94 bits per heavy atom. The first-order valence-electron chi connectivity index (χ1n) is 7.14. The first kappa shape index (κ1) is 15.3. The molecule has 1 fully saturated rings. The molecule has 1 saturated heterocycles. The molecule has 2 nitrogen and oxygen atoms in total. The van der Waals surface area contributed by atoms with Crippen LogP contribution in [0.3, 0.4) is 0 Å². The highest BCUT2D eigenvalue weighted by Crippen LogP contribution is 2.35. The maximum Gasteiger partial charge on any atom is 0.0432 e. The fraction of sp³-hybridized carbons (Fsp3) is 1.00. The Bertz CT molecular complexity index is 208. The SMILES string of the molecule is CCC(CC)N(CC(C)C)C1(CN)CCSC1. The quantitative estimate of drug-likeness (QED) is 0.761. The molecule has 1 atom stereocenters. The second kappa shape index (κ2) is 7.01. The second-order valence-electron chi connectivity index (χ2n) is 5.75. The van der Waals surface area contributed by atoms with E-state index in [0.717, 1.165) is 12.5 Å². The molecule has 17 heavy (non-hydrogen) atoms. The van der Waals surface area contributed by atoms with Crippen LogP contribution < -0.4 is 5.73 Å². The number of hydrogen-bond donors (Lipinski definition) is 1. The summed E-state index contributed by atoms with van der Waals surface area (Å²) in [6.45, 7) is 11.3. The van der Waals surface area contributed by atoms with E-state index in [4.69, 9.17) is 5.73 Å². The lowest BCUT2D eigenvalue weighted by atomic mass is 9.91. The van der Waals surface area contributed by atoms with Crippen molar-refractivity contribution < 1.29 is 0 Å². The normalized spacial score (nSPS) is 25.4. The highest BCUT2D eigenvalue weighted by molar-refractivity contribution is 7.99. The molecule has 0 aromatic heterocycles. The molecule has 0 amide bonds. The fourth-order valence-electron chi connectivity index (χ4n) is 2.95. The van der Waals surface area contributed by atoms with Crippen LogP contribution in [0.15, 0.2) is 0 Å². The largest absolute Gasteiger partial charge is 0.329 e. The van der Waals surface area contributed by atoms with Gasteiger partial charge in [-0.2, -0.15) is 11.8 Å². The number of nitrogens with two attached hydrogens (primary N) is 1. The number of rotatable bonds is 7. The minimum absolute atomic E-state index is 0.283. The van der Waals surface area contributed by atoms with E-state index >= 15 is 0 Å². The van der Waals surface area contributed by atoms with Crippen molar-refractivity contribution in [1.29, 1.82) is 0 Å². The molecule has 0 aromatic carbocycles. The summed E-state index contributed by atoms with van der Waals surface area (Å²) < 4.78 is 0. The number of hydrogen-bond acceptors (Lipinski definition) is 3. The second-order valence-corrected chi connectivity index (χ2v) is 6.85. The van der Waals surface area contributed by atoms with Gasteiger partial charge in [0.05, 0.1) is 0 Å². The number of nitrogens with zero attached hydrogens (tertiary/aromatic N) is 1. The van der Waals surface area contributed by atoms with Crippen LogP contribution in [-0.4, -0.2) is 41.1 Å². The molecular formula is C14H30N2S. The zero-order valence-corrected chi connectivity index (χ0v) is 12.9. The van der Waals surface area contributed by atoms with Gasteiger partial charge in [-0.3, -0.25) is 4.90 Å². The molecule has 0 saturated carbocycles. The average molecular weight is 258 g/mol. The van der Waals surface area contributed by atoms with Gasteiger partial charge in [0.2, 0.25) is 0 Å². The molecule has 1 aliphatic rings. The minimum Gasteiger partial charge on any atom is -0.329 e. The van der Waals surface area contributed by atoms with E-state index < -0.39 is 0 Å². The molecule has 102 valence electrons. The van der Waals surface area contributed by atoms with E-state index in [2.05, 4.69) is 44.4 Å². The van der Waals surface area contributed by atoms with Crippen LogP contribution in [0.1, 0.15) is 47.0 Å². The number of thioether (sulfide) groups is 1. The molecule has 0 aromatic rings. The first-order valence-corrected chi connectivity index (χ1v) is 8.29. The molecule has 1 heterocycles. The van der Waals surface area contributed by atoms with Crippen LogP contribution in [0.25, 0.3) is 0 Å².